The fraction of sp³-hybridized carbons (Fsp3) is 0. The lowest BCUT2D eigenvalue weighted by atomic mass is 9.92. The van der Waals surface area contributed by atoms with E-state index in [2.05, 4.69) is 265 Å². The van der Waals surface area contributed by atoms with Crippen LogP contribution in [0.5, 0.6) is 0 Å². The minimum absolute atomic E-state index is 0.879. The number of nitrogens with zero attached hydrogens (tertiary/aromatic N) is 2. The van der Waals surface area contributed by atoms with Crippen molar-refractivity contribution in [3.05, 3.63) is 267 Å². The molecule has 0 saturated carbocycles. The second kappa shape index (κ2) is 17.4. The quantitative estimate of drug-likeness (QED) is 0.134. The van der Waals surface area contributed by atoms with Crippen molar-refractivity contribution in [3.8, 4) is 44.5 Å². The minimum atomic E-state index is 0.879. The molecule has 0 atom stereocenters. The maximum Gasteiger partial charge on any atom is 0.135 e. The molecule has 0 bridgehead atoms. The van der Waals surface area contributed by atoms with Gasteiger partial charge < -0.3 is 14.2 Å². The molecule has 72 heavy (non-hydrogen) atoms. The topological polar surface area (TPSA) is 19.6 Å². The third-order valence-electron chi connectivity index (χ3n) is 14.2. The molecule has 0 unspecified atom stereocenters. The van der Waals surface area contributed by atoms with Crippen molar-refractivity contribution in [3.63, 3.8) is 0 Å². The van der Waals surface area contributed by atoms with Crippen LogP contribution in [0.1, 0.15) is 0 Å². The summed E-state index contributed by atoms with van der Waals surface area (Å²) in [7, 11) is 0. The normalized spacial score (nSPS) is 11.8. The fourth-order valence-electron chi connectivity index (χ4n) is 10.8. The molecule has 0 aliphatic carbocycles. The van der Waals surface area contributed by atoms with E-state index in [0.717, 1.165) is 61.6 Å². The first-order chi connectivity index (χ1) is 35.7. The summed E-state index contributed by atoms with van der Waals surface area (Å²) in [6, 6.07) is 96.7. The summed E-state index contributed by atoms with van der Waals surface area (Å²) in [6.07, 6.45) is 0. The molecule has 1 aliphatic heterocycles. The largest absolute Gasteiger partial charge is 0.456 e. The van der Waals surface area contributed by atoms with E-state index in [4.69, 9.17) is 4.42 Å². The van der Waals surface area contributed by atoms with Gasteiger partial charge in [-0.3, -0.25) is 0 Å². The van der Waals surface area contributed by atoms with Crippen LogP contribution in [0.25, 0.3) is 88.0 Å². The van der Waals surface area contributed by atoms with Crippen LogP contribution in [0.4, 0.5) is 34.1 Å². The first-order valence-electron chi connectivity index (χ1n) is 24.5. The van der Waals surface area contributed by atoms with Gasteiger partial charge in [0.05, 0.1) is 5.69 Å². The molecule has 13 aromatic rings. The molecule has 0 saturated heterocycles. The number of benzene rings is 12. The maximum absolute atomic E-state index is 6.33. The average Bonchev–Trinajstić information content (AvgIpc) is 3.83. The van der Waals surface area contributed by atoms with Gasteiger partial charge >= 0.3 is 0 Å². The van der Waals surface area contributed by atoms with E-state index in [9.17, 15) is 0 Å². The average molecular weight is 937 g/mol. The molecule has 0 spiro atoms. The first-order valence-corrected chi connectivity index (χ1v) is 25.3. The number of anilines is 6. The smallest absolute Gasteiger partial charge is 0.135 e. The maximum atomic E-state index is 6.33. The molecule has 1 aromatic heterocycles. The van der Waals surface area contributed by atoms with Crippen LogP contribution >= 0.6 is 11.8 Å². The van der Waals surface area contributed by atoms with Crippen molar-refractivity contribution in [1.82, 2.24) is 0 Å². The molecule has 3 nitrogen and oxygen atoms in total. The van der Waals surface area contributed by atoms with Gasteiger partial charge in [0.15, 0.2) is 0 Å². The molecule has 0 N–H and O–H groups in total. The standard InChI is InChI=1S/C68H44N2OS/c1-4-15-45(16-5-1)47-27-32-51(33-28-47)69(52-34-29-48(30-35-52)46-17-6-2-7-18-46)53-36-31-50-41-62-58-39-37-55(44-67(58)72-66-26-14-23-59(68(62)66)60(50)42-53)70(63-24-12-10-21-56(63)49-19-8-3-9-20-49)54-38-40-65-61(43-54)57-22-11-13-25-64(57)71-65/h1-44H. The van der Waals surface area contributed by atoms with Crippen LogP contribution in [0.3, 0.4) is 0 Å². The molecular weight excluding hydrogens is 893 g/mol. The van der Waals surface area contributed by atoms with Crippen LogP contribution in [0.15, 0.2) is 281 Å². The summed E-state index contributed by atoms with van der Waals surface area (Å²) in [6.45, 7) is 0. The van der Waals surface area contributed by atoms with Crippen molar-refractivity contribution in [2.45, 2.75) is 9.79 Å². The minimum Gasteiger partial charge on any atom is -0.456 e. The molecule has 2 heterocycles. The zero-order chi connectivity index (χ0) is 47.5. The van der Waals surface area contributed by atoms with E-state index in [1.54, 1.807) is 0 Å². The number of hydrogen-bond donors (Lipinski definition) is 0. The molecule has 14 rings (SSSR count). The van der Waals surface area contributed by atoms with Crippen LogP contribution in [0.2, 0.25) is 0 Å². The zero-order valence-corrected chi connectivity index (χ0v) is 39.9. The Bertz CT molecular complexity index is 4090. The number of para-hydroxylation sites is 2. The molecule has 4 heteroatoms. The molecule has 12 aromatic carbocycles. The lowest BCUT2D eigenvalue weighted by molar-refractivity contribution is 0.669. The Labute approximate surface area is 422 Å². The van der Waals surface area contributed by atoms with Gasteiger partial charge in [0.25, 0.3) is 0 Å². The van der Waals surface area contributed by atoms with Crippen molar-refractivity contribution in [2.24, 2.45) is 0 Å². The summed E-state index contributed by atoms with van der Waals surface area (Å²) < 4.78 is 6.33. The third kappa shape index (κ3) is 7.23. The second-order valence-electron chi connectivity index (χ2n) is 18.4. The van der Waals surface area contributed by atoms with E-state index in [0.29, 0.717) is 0 Å². The highest BCUT2D eigenvalue weighted by atomic mass is 32.2. The summed E-state index contributed by atoms with van der Waals surface area (Å²) in [5.41, 5.74) is 18.0. The highest BCUT2D eigenvalue weighted by molar-refractivity contribution is 7.99. The fourth-order valence-corrected chi connectivity index (χ4v) is 12.0. The third-order valence-corrected chi connectivity index (χ3v) is 15.3. The molecule has 0 fully saturated rings. The van der Waals surface area contributed by atoms with Crippen LogP contribution < -0.4 is 9.80 Å². The number of furan rings is 1. The molecule has 0 radical (unpaired) electrons. The van der Waals surface area contributed by atoms with Crippen LogP contribution in [0, 0.1) is 0 Å². The van der Waals surface area contributed by atoms with E-state index in [1.165, 1.54) is 70.3 Å². The van der Waals surface area contributed by atoms with Crippen LogP contribution in [-0.2, 0) is 0 Å². The highest BCUT2D eigenvalue weighted by Crippen LogP contribution is 2.53. The van der Waals surface area contributed by atoms with Gasteiger partial charge in [0.2, 0.25) is 0 Å². The zero-order valence-electron chi connectivity index (χ0n) is 39.1. The lowest BCUT2D eigenvalue weighted by Gasteiger charge is -2.30. The Kier molecular flexibility index (Phi) is 10.1. The van der Waals surface area contributed by atoms with Crippen LogP contribution in [-0.4, -0.2) is 0 Å². The van der Waals surface area contributed by atoms with Crippen molar-refractivity contribution >= 4 is 89.4 Å². The number of rotatable bonds is 9. The Balaban J connectivity index is 0.893. The van der Waals surface area contributed by atoms with Gasteiger partial charge in [-0.2, -0.15) is 0 Å². The second-order valence-corrected chi connectivity index (χ2v) is 19.5. The van der Waals surface area contributed by atoms with E-state index in [1.807, 2.05) is 23.9 Å². The van der Waals surface area contributed by atoms with Crippen molar-refractivity contribution in [1.29, 1.82) is 0 Å². The summed E-state index contributed by atoms with van der Waals surface area (Å²) in [5, 5.41) is 7.19. The van der Waals surface area contributed by atoms with E-state index >= 15 is 0 Å². The SMILES string of the molecule is c1ccc(-c2ccc(N(c3ccc(-c4ccccc4)cc3)c3ccc4cc5c6c(cccc6c4c3)Sc3cc(N(c4ccc6oc7ccccc7c6c4)c4ccccc4-c4ccccc4)ccc3-5)cc2)cc1. The van der Waals surface area contributed by atoms with Crippen molar-refractivity contribution < 1.29 is 4.42 Å². The Morgan fingerprint density at radius 2 is 0.806 bits per heavy atom. The number of fused-ring (bicyclic) bond motifs is 7. The Morgan fingerprint density at radius 1 is 0.278 bits per heavy atom. The van der Waals surface area contributed by atoms with Gasteiger partial charge in [0, 0.05) is 60.0 Å². The molecule has 338 valence electrons. The lowest BCUT2D eigenvalue weighted by Crippen LogP contribution is -2.11. The highest BCUT2D eigenvalue weighted by Gasteiger charge is 2.25. The predicted octanol–water partition coefficient (Wildman–Crippen LogP) is 20.0. The number of hydrogen-bond acceptors (Lipinski definition) is 4. The van der Waals surface area contributed by atoms with Gasteiger partial charge in [-0.25, -0.2) is 0 Å². The predicted molar refractivity (Wildman–Crippen MR) is 304 cm³/mol. The van der Waals surface area contributed by atoms with E-state index < -0.39 is 0 Å². The molecule has 0 amide bonds. The van der Waals surface area contributed by atoms with Gasteiger partial charge in [-0.15, -0.1) is 0 Å². The summed E-state index contributed by atoms with van der Waals surface area (Å²) >= 11 is 1.86. The van der Waals surface area contributed by atoms with E-state index in [-0.39, 0.29) is 0 Å². The molecular formula is C68H44N2OS. The first kappa shape index (κ1) is 41.8. The summed E-state index contributed by atoms with van der Waals surface area (Å²) in [4.78, 5) is 7.29. The van der Waals surface area contributed by atoms with Gasteiger partial charge in [-0.05, 0) is 146 Å². The Morgan fingerprint density at radius 3 is 1.53 bits per heavy atom. The monoisotopic (exact) mass is 936 g/mol. The Hall–Kier alpha value is -9.09. The van der Waals surface area contributed by atoms with Crippen molar-refractivity contribution in [2.75, 3.05) is 9.80 Å². The van der Waals surface area contributed by atoms with Gasteiger partial charge in [0.1, 0.15) is 11.2 Å². The summed E-state index contributed by atoms with van der Waals surface area (Å²) in [5.74, 6) is 0. The van der Waals surface area contributed by atoms with Gasteiger partial charge in [-0.1, -0.05) is 188 Å². The molecule has 1 aliphatic rings.